The van der Waals surface area contributed by atoms with Gasteiger partial charge >= 0.3 is 12.1 Å². The lowest BCUT2D eigenvalue weighted by Gasteiger charge is -2.20. The zero-order valence-corrected chi connectivity index (χ0v) is 15.7. The molecule has 1 atom stereocenters. The molecule has 0 saturated carbocycles. The van der Waals surface area contributed by atoms with E-state index in [9.17, 15) is 9.59 Å². The minimum Gasteiger partial charge on any atom is -0.468 e. The predicted molar refractivity (Wildman–Crippen MR) is 96.9 cm³/mol. The molecular formula is C19H26N2O4. The molecule has 6 heteroatoms. The summed E-state index contributed by atoms with van der Waals surface area (Å²) in [5.41, 5.74) is 1.86. The number of aromatic nitrogens is 1. The number of carbonyl (C=O) groups excluding carboxylic acids is 2. The molecule has 0 bridgehead atoms. The molecule has 0 radical (unpaired) electrons. The van der Waals surface area contributed by atoms with Crippen molar-refractivity contribution in [2.75, 3.05) is 14.2 Å². The van der Waals surface area contributed by atoms with Crippen molar-refractivity contribution in [3.63, 3.8) is 0 Å². The number of methoxy groups -OCH3 is 1. The highest BCUT2D eigenvalue weighted by molar-refractivity contribution is 5.94. The van der Waals surface area contributed by atoms with Crippen LogP contribution >= 0.6 is 0 Å². The highest BCUT2D eigenvalue weighted by Gasteiger charge is 2.26. The van der Waals surface area contributed by atoms with Crippen molar-refractivity contribution in [3.05, 3.63) is 35.5 Å². The van der Waals surface area contributed by atoms with Crippen LogP contribution in [0.4, 0.5) is 4.79 Å². The quantitative estimate of drug-likeness (QED) is 0.862. The highest BCUT2D eigenvalue weighted by atomic mass is 16.6. The average Bonchev–Trinajstić information content (AvgIpc) is 2.82. The average molecular weight is 346 g/mol. The predicted octanol–water partition coefficient (Wildman–Crippen LogP) is 3.04. The summed E-state index contributed by atoms with van der Waals surface area (Å²) in [4.78, 5) is 24.6. The minimum absolute atomic E-state index is 0.337. The first-order valence-electron chi connectivity index (χ1n) is 8.27. The molecule has 0 aliphatic heterocycles. The van der Waals surface area contributed by atoms with E-state index in [1.807, 2.05) is 52.0 Å². The Morgan fingerprint density at radius 1 is 1.24 bits per heavy atom. The van der Waals surface area contributed by atoms with Crippen LogP contribution < -0.4 is 5.32 Å². The second kappa shape index (κ2) is 7.27. The third kappa shape index (κ3) is 4.02. The number of fused-ring (bicyclic) bond motifs is 1. The molecule has 0 aliphatic rings. The number of hydrogen-bond donors (Lipinski definition) is 1. The van der Waals surface area contributed by atoms with Crippen molar-refractivity contribution >= 4 is 23.0 Å². The molecule has 136 valence electrons. The molecular weight excluding hydrogens is 320 g/mol. The molecule has 1 N–H and O–H groups in total. The third-order valence-electron chi connectivity index (χ3n) is 4.06. The Hall–Kier alpha value is -2.34. The van der Waals surface area contributed by atoms with E-state index < -0.39 is 17.7 Å². The number of likely N-dealkylation sites (N-methyl/N-ethyl adjacent to an activating group) is 1. The molecule has 1 aromatic carbocycles. The minimum atomic E-state index is -0.589. The fraction of sp³-hybridized carbons (Fsp3) is 0.474. The summed E-state index contributed by atoms with van der Waals surface area (Å²) in [6.07, 6.45) is -0.00257. The van der Waals surface area contributed by atoms with Gasteiger partial charge in [-0.15, -0.1) is 0 Å². The molecule has 2 rings (SSSR count). The van der Waals surface area contributed by atoms with Crippen LogP contribution in [0, 0.1) is 6.92 Å². The number of carbonyl (C=O) groups is 2. The monoisotopic (exact) mass is 346 g/mol. The standard InChI is InChI=1S/C19H26N2O4/c1-12-14(11-15(20-5)17(22)24-6)13-9-7-8-10-16(13)21(12)18(23)25-19(2,3)4/h7-10,15,20H,11H2,1-6H3/t15-/m0/s1. The van der Waals surface area contributed by atoms with E-state index in [4.69, 9.17) is 9.47 Å². The summed E-state index contributed by atoms with van der Waals surface area (Å²) in [6, 6.07) is 7.13. The van der Waals surface area contributed by atoms with Gasteiger partial charge in [-0.3, -0.25) is 4.79 Å². The topological polar surface area (TPSA) is 69.6 Å². The van der Waals surface area contributed by atoms with Gasteiger partial charge in [-0.25, -0.2) is 9.36 Å². The normalized spacial score (nSPS) is 12.9. The van der Waals surface area contributed by atoms with Crippen molar-refractivity contribution in [2.45, 2.75) is 45.8 Å². The lowest BCUT2D eigenvalue weighted by molar-refractivity contribution is -0.142. The first-order chi connectivity index (χ1) is 11.7. The van der Waals surface area contributed by atoms with Gasteiger partial charge in [0.25, 0.3) is 0 Å². The molecule has 0 amide bonds. The number of nitrogens with zero attached hydrogens (tertiary/aromatic N) is 1. The highest BCUT2D eigenvalue weighted by Crippen LogP contribution is 2.28. The number of benzene rings is 1. The van der Waals surface area contributed by atoms with E-state index in [2.05, 4.69) is 5.32 Å². The van der Waals surface area contributed by atoms with E-state index in [1.54, 1.807) is 11.6 Å². The summed E-state index contributed by atoms with van der Waals surface area (Å²) >= 11 is 0. The fourth-order valence-electron chi connectivity index (χ4n) is 2.88. The molecule has 0 aliphatic carbocycles. The first-order valence-corrected chi connectivity index (χ1v) is 8.27. The Morgan fingerprint density at radius 2 is 1.88 bits per heavy atom. The van der Waals surface area contributed by atoms with Gasteiger partial charge in [0.2, 0.25) is 0 Å². The van der Waals surface area contributed by atoms with Crippen molar-refractivity contribution in [1.82, 2.24) is 9.88 Å². The smallest absolute Gasteiger partial charge is 0.419 e. The van der Waals surface area contributed by atoms with Crippen LogP contribution in [0.5, 0.6) is 0 Å². The van der Waals surface area contributed by atoms with Crippen LogP contribution in [0.2, 0.25) is 0 Å². The largest absolute Gasteiger partial charge is 0.468 e. The van der Waals surface area contributed by atoms with E-state index in [0.29, 0.717) is 6.42 Å². The Labute approximate surface area is 148 Å². The lowest BCUT2D eigenvalue weighted by atomic mass is 10.0. The Kier molecular flexibility index (Phi) is 5.52. The van der Waals surface area contributed by atoms with E-state index >= 15 is 0 Å². The molecule has 1 heterocycles. The van der Waals surface area contributed by atoms with Gasteiger partial charge in [0, 0.05) is 17.5 Å². The lowest BCUT2D eigenvalue weighted by Crippen LogP contribution is -2.37. The van der Waals surface area contributed by atoms with Gasteiger partial charge in [-0.1, -0.05) is 18.2 Å². The number of hydrogen-bond acceptors (Lipinski definition) is 5. The van der Waals surface area contributed by atoms with Gasteiger partial charge in [-0.2, -0.15) is 0 Å². The van der Waals surface area contributed by atoms with E-state index in [-0.39, 0.29) is 5.97 Å². The first kappa shape index (κ1) is 19.0. The van der Waals surface area contributed by atoms with Crippen molar-refractivity contribution in [3.8, 4) is 0 Å². The summed E-state index contributed by atoms with van der Waals surface area (Å²) in [5, 5.41) is 3.90. The summed E-state index contributed by atoms with van der Waals surface area (Å²) in [6.45, 7) is 7.37. The van der Waals surface area contributed by atoms with Crippen LogP contribution in [0.3, 0.4) is 0 Å². The molecule has 0 fully saturated rings. The van der Waals surface area contributed by atoms with Gasteiger partial charge in [0.1, 0.15) is 11.6 Å². The maximum Gasteiger partial charge on any atom is 0.419 e. The van der Waals surface area contributed by atoms with Crippen LogP contribution in [0.1, 0.15) is 32.0 Å². The maximum atomic E-state index is 12.7. The van der Waals surface area contributed by atoms with Crippen LogP contribution in [0.15, 0.2) is 24.3 Å². The van der Waals surface area contributed by atoms with Gasteiger partial charge < -0.3 is 14.8 Å². The molecule has 1 aromatic heterocycles. The SMILES string of the molecule is CN[C@@H](Cc1c(C)n(C(=O)OC(C)(C)C)c2ccccc12)C(=O)OC. The van der Waals surface area contributed by atoms with Crippen LogP contribution in [0.25, 0.3) is 10.9 Å². The number of nitrogens with one attached hydrogen (secondary N) is 1. The number of ether oxygens (including phenoxy) is 2. The van der Waals surface area contributed by atoms with Gasteiger partial charge in [0.15, 0.2) is 0 Å². The summed E-state index contributed by atoms with van der Waals surface area (Å²) in [5.74, 6) is -0.337. The van der Waals surface area contributed by atoms with Crippen molar-refractivity contribution in [1.29, 1.82) is 0 Å². The van der Waals surface area contributed by atoms with E-state index in [1.165, 1.54) is 7.11 Å². The fourth-order valence-corrected chi connectivity index (χ4v) is 2.88. The van der Waals surface area contributed by atoms with Gasteiger partial charge in [-0.05, 0) is 46.4 Å². The maximum absolute atomic E-state index is 12.7. The Bertz CT molecular complexity index is 787. The van der Waals surface area contributed by atoms with Crippen molar-refractivity contribution in [2.24, 2.45) is 0 Å². The molecule has 0 spiro atoms. The summed E-state index contributed by atoms with van der Waals surface area (Å²) < 4.78 is 12.0. The van der Waals surface area contributed by atoms with Crippen molar-refractivity contribution < 1.29 is 19.1 Å². The Balaban J connectivity index is 2.54. The zero-order valence-electron chi connectivity index (χ0n) is 15.7. The number of esters is 1. The zero-order chi connectivity index (χ0) is 18.8. The number of rotatable bonds is 4. The number of para-hydroxylation sites is 1. The molecule has 2 aromatic rings. The van der Waals surface area contributed by atoms with E-state index in [0.717, 1.165) is 22.2 Å². The van der Waals surface area contributed by atoms with Crippen LogP contribution in [-0.2, 0) is 20.7 Å². The molecule has 25 heavy (non-hydrogen) atoms. The second-order valence-corrected chi connectivity index (χ2v) is 6.97. The second-order valence-electron chi connectivity index (χ2n) is 6.97. The third-order valence-corrected chi connectivity index (χ3v) is 4.06. The summed E-state index contributed by atoms with van der Waals surface area (Å²) in [7, 11) is 3.08. The molecule has 6 nitrogen and oxygen atoms in total. The molecule has 0 unspecified atom stereocenters. The van der Waals surface area contributed by atoms with Gasteiger partial charge in [0.05, 0.1) is 12.6 Å². The van der Waals surface area contributed by atoms with Crippen LogP contribution in [-0.4, -0.2) is 42.4 Å². The Morgan fingerprint density at radius 3 is 2.44 bits per heavy atom. The molecule has 0 saturated heterocycles.